The summed E-state index contributed by atoms with van der Waals surface area (Å²) < 4.78 is 26.5. The van der Waals surface area contributed by atoms with Gasteiger partial charge in [-0.2, -0.15) is 4.31 Å². The number of nitrogens with two attached hydrogens (primary N) is 1. The number of piperazine rings is 1. The number of carbonyl (C=O) groups is 1. The second-order valence-corrected chi connectivity index (χ2v) is 7.03. The van der Waals surface area contributed by atoms with Crippen LogP contribution in [0.5, 0.6) is 0 Å². The van der Waals surface area contributed by atoms with E-state index in [1.54, 1.807) is 0 Å². The first-order chi connectivity index (χ1) is 9.32. The van der Waals surface area contributed by atoms with Gasteiger partial charge < -0.3 is 10.6 Å². The number of carbonyl (C=O) groups excluding carboxylic acids is 1. The molecule has 1 fully saturated rings. The maximum atomic E-state index is 12.6. The van der Waals surface area contributed by atoms with Crippen LogP contribution in [0.3, 0.4) is 0 Å². The van der Waals surface area contributed by atoms with Gasteiger partial charge in [0.25, 0.3) is 0 Å². The molecule has 8 heteroatoms. The minimum atomic E-state index is -3.71. The Bertz CT molecular complexity index is 625. The summed E-state index contributed by atoms with van der Waals surface area (Å²) in [7, 11) is -1.77. The van der Waals surface area contributed by atoms with Gasteiger partial charge in [-0.15, -0.1) is 0 Å². The van der Waals surface area contributed by atoms with Crippen LogP contribution in [-0.2, 0) is 10.0 Å². The molecule has 0 spiro atoms. The van der Waals surface area contributed by atoms with Crippen molar-refractivity contribution in [3.63, 3.8) is 0 Å². The molecular formula is C12H16ClN3O3S. The Balaban J connectivity index is 2.38. The summed E-state index contributed by atoms with van der Waals surface area (Å²) in [6, 6.07) is 4.02. The van der Waals surface area contributed by atoms with Gasteiger partial charge in [0, 0.05) is 31.7 Å². The Morgan fingerprint density at radius 2 is 1.85 bits per heavy atom. The number of rotatable bonds is 3. The van der Waals surface area contributed by atoms with Crippen LogP contribution in [0.25, 0.3) is 0 Å². The van der Waals surface area contributed by atoms with Gasteiger partial charge in [-0.3, -0.25) is 4.79 Å². The zero-order valence-corrected chi connectivity index (χ0v) is 12.6. The van der Waals surface area contributed by atoms with Crippen LogP contribution in [-0.4, -0.2) is 56.8 Å². The standard InChI is InChI=1S/C12H16ClN3O3S/c1-15-4-6-16(7-5-15)20(18,19)11-8-9(12(14)17)2-3-10(11)13/h2-3,8H,4-7H2,1H3,(H2,14,17). The van der Waals surface area contributed by atoms with Gasteiger partial charge >= 0.3 is 0 Å². The fourth-order valence-corrected chi connectivity index (χ4v) is 3.94. The molecule has 1 aromatic carbocycles. The van der Waals surface area contributed by atoms with Crippen molar-refractivity contribution in [2.45, 2.75) is 4.90 Å². The third-order valence-electron chi connectivity index (χ3n) is 3.30. The molecule has 1 amide bonds. The molecule has 2 N–H and O–H groups in total. The van der Waals surface area contributed by atoms with E-state index < -0.39 is 15.9 Å². The molecule has 1 aliphatic heterocycles. The topological polar surface area (TPSA) is 83.7 Å². The highest BCUT2D eigenvalue weighted by Gasteiger charge is 2.29. The number of sulfonamides is 1. The molecule has 0 bridgehead atoms. The minimum absolute atomic E-state index is 0.0694. The van der Waals surface area contributed by atoms with Gasteiger partial charge in [0.05, 0.1) is 5.02 Å². The molecule has 110 valence electrons. The number of hydrogen-bond donors (Lipinski definition) is 1. The monoisotopic (exact) mass is 317 g/mol. The SMILES string of the molecule is CN1CCN(S(=O)(=O)c2cc(C(N)=O)ccc2Cl)CC1. The molecule has 1 aromatic rings. The minimum Gasteiger partial charge on any atom is -0.366 e. The third kappa shape index (κ3) is 2.95. The van der Waals surface area contributed by atoms with E-state index in [1.807, 2.05) is 11.9 Å². The van der Waals surface area contributed by atoms with Crippen LogP contribution in [0, 0.1) is 0 Å². The second-order valence-electron chi connectivity index (χ2n) is 4.72. The van der Waals surface area contributed by atoms with Crippen molar-refractivity contribution in [1.82, 2.24) is 9.21 Å². The van der Waals surface area contributed by atoms with Crippen molar-refractivity contribution in [3.05, 3.63) is 28.8 Å². The molecule has 2 rings (SSSR count). The first kappa shape index (κ1) is 15.2. The van der Waals surface area contributed by atoms with Crippen LogP contribution >= 0.6 is 11.6 Å². The van der Waals surface area contributed by atoms with Crippen LogP contribution in [0.1, 0.15) is 10.4 Å². The van der Waals surface area contributed by atoms with Crippen LogP contribution in [0.2, 0.25) is 5.02 Å². The lowest BCUT2D eigenvalue weighted by Gasteiger charge is -2.31. The van der Waals surface area contributed by atoms with E-state index in [0.717, 1.165) is 0 Å². The lowest BCUT2D eigenvalue weighted by Crippen LogP contribution is -2.47. The van der Waals surface area contributed by atoms with E-state index in [0.29, 0.717) is 26.2 Å². The summed E-state index contributed by atoms with van der Waals surface area (Å²) in [6.45, 7) is 2.12. The summed E-state index contributed by atoms with van der Waals surface area (Å²) in [5.74, 6) is -0.684. The predicted octanol–water partition coefficient (Wildman–Crippen LogP) is 0.375. The zero-order valence-electron chi connectivity index (χ0n) is 11.0. The largest absolute Gasteiger partial charge is 0.366 e. The molecular weight excluding hydrogens is 302 g/mol. The number of halogens is 1. The number of benzene rings is 1. The van der Waals surface area contributed by atoms with Crippen molar-refractivity contribution >= 4 is 27.5 Å². The Morgan fingerprint density at radius 1 is 1.25 bits per heavy atom. The summed E-state index contributed by atoms with van der Waals surface area (Å²) in [5.41, 5.74) is 5.30. The molecule has 1 heterocycles. The van der Waals surface area contributed by atoms with Gasteiger partial charge in [0.2, 0.25) is 15.9 Å². The lowest BCUT2D eigenvalue weighted by atomic mass is 10.2. The average molecular weight is 318 g/mol. The van der Waals surface area contributed by atoms with Crippen LogP contribution in [0.15, 0.2) is 23.1 Å². The Labute approximate surface area is 123 Å². The van der Waals surface area contributed by atoms with Crippen molar-refractivity contribution in [3.8, 4) is 0 Å². The Morgan fingerprint density at radius 3 is 2.40 bits per heavy atom. The summed E-state index contributed by atoms with van der Waals surface area (Å²) in [5, 5.41) is 0.0916. The van der Waals surface area contributed by atoms with E-state index in [-0.39, 0.29) is 15.5 Å². The highest BCUT2D eigenvalue weighted by atomic mass is 35.5. The van der Waals surface area contributed by atoms with E-state index in [1.165, 1.54) is 22.5 Å². The van der Waals surface area contributed by atoms with E-state index in [9.17, 15) is 13.2 Å². The van der Waals surface area contributed by atoms with E-state index in [4.69, 9.17) is 17.3 Å². The molecule has 6 nitrogen and oxygen atoms in total. The Kier molecular flexibility index (Phi) is 4.33. The van der Waals surface area contributed by atoms with E-state index >= 15 is 0 Å². The van der Waals surface area contributed by atoms with Gasteiger partial charge in [0.15, 0.2) is 0 Å². The second kappa shape index (κ2) is 5.69. The molecule has 1 saturated heterocycles. The van der Waals surface area contributed by atoms with Crippen molar-refractivity contribution in [1.29, 1.82) is 0 Å². The van der Waals surface area contributed by atoms with Crippen LogP contribution < -0.4 is 5.73 Å². The van der Waals surface area contributed by atoms with Gasteiger partial charge in [-0.25, -0.2) is 8.42 Å². The maximum Gasteiger partial charge on any atom is 0.248 e. The zero-order chi connectivity index (χ0) is 14.9. The lowest BCUT2D eigenvalue weighted by molar-refractivity contribution is 0.1000. The molecule has 0 radical (unpaired) electrons. The highest BCUT2D eigenvalue weighted by Crippen LogP contribution is 2.26. The predicted molar refractivity (Wildman–Crippen MR) is 76.2 cm³/mol. The summed E-state index contributed by atoms with van der Waals surface area (Å²) in [4.78, 5) is 13.2. The molecule has 0 atom stereocenters. The maximum absolute atomic E-state index is 12.6. The van der Waals surface area contributed by atoms with Crippen LogP contribution in [0.4, 0.5) is 0 Å². The van der Waals surface area contributed by atoms with Gasteiger partial charge in [-0.1, -0.05) is 11.6 Å². The molecule has 0 unspecified atom stereocenters. The number of nitrogens with zero attached hydrogens (tertiary/aromatic N) is 2. The highest BCUT2D eigenvalue weighted by molar-refractivity contribution is 7.89. The summed E-state index contributed by atoms with van der Waals surface area (Å²) in [6.07, 6.45) is 0. The molecule has 0 saturated carbocycles. The van der Waals surface area contributed by atoms with Crippen molar-refractivity contribution in [2.24, 2.45) is 5.73 Å². The molecule has 0 aromatic heterocycles. The number of primary amides is 1. The van der Waals surface area contributed by atoms with E-state index in [2.05, 4.69) is 0 Å². The van der Waals surface area contributed by atoms with Gasteiger partial charge in [-0.05, 0) is 25.2 Å². The number of likely N-dealkylation sites (N-methyl/N-ethyl adjacent to an activating group) is 1. The fourth-order valence-electron chi connectivity index (χ4n) is 2.02. The first-order valence-corrected chi connectivity index (χ1v) is 7.92. The first-order valence-electron chi connectivity index (χ1n) is 6.10. The Hall–Kier alpha value is -1.15. The number of hydrogen-bond acceptors (Lipinski definition) is 4. The normalized spacial score (nSPS) is 18.1. The number of amides is 1. The smallest absolute Gasteiger partial charge is 0.248 e. The fraction of sp³-hybridized carbons (Fsp3) is 0.417. The molecule has 1 aliphatic rings. The average Bonchev–Trinajstić information content (AvgIpc) is 2.39. The molecule has 0 aliphatic carbocycles. The molecule has 20 heavy (non-hydrogen) atoms. The van der Waals surface area contributed by atoms with Gasteiger partial charge in [0.1, 0.15) is 4.90 Å². The quantitative estimate of drug-likeness (QED) is 0.873. The van der Waals surface area contributed by atoms with Crippen molar-refractivity contribution in [2.75, 3.05) is 33.2 Å². The third-order valence-corrected chi connectivity index (χ3v) is 5.68. The van der Waals surface area contributed by atoms with Crippen molar-refractivity contribution < 1.29 is 13.2 Å². The summed E-state index contributed by atoms with van der Waals surface area (Å²) >= 11 is 5.96.